The first-order valence-corrected chi connectivity index (χ1v) is 8.93. The number of anilines is 1. The standard InChI is InChI=1S/C13H11N5OS3/c1-8(22-13-17-14-7-20-13)12(19)15-10-4-2-9(3-5-10)11-6-21-18-16-11/h2-8H,1H3,(H,15,19)/t8-/m1/s1. The second kappa shape index (κ2) is 6.95. The predicted molar refractivity (Wildman–Crippen MR) is 89.2 cm³/mol. The fourth-order valence-electron chi connectivity index (χ4n) is 1.68. The fraction of sp³-hybridized carbons (Fsp3) is 0.154. The highest BCUT2D eigenvalue weighted by molar-refractivity contribution is 8.02. The summed E-state index contributed by atoms with van der Waals surface area (Å²) in [6.45, 7) is 1.84. The largest absolute Gasteiger partial charge is 0.325 e. The molecule has 0 fully saturated rings. The van der Waals surface area contributed by atoms with Crippen molar-refractivity contribution in [3.05, 3.63) is 35.2 Å². The summed E-state index contributed by atoms with van der Waals surface area (Å²) in [6, 6.07) is 7.54. The molecule has 1 aromatic carbocycles. The number of hydrogen-bond donors (Lipinski definition) is 1. The molecule has 9 heteroatoms. The Kier molecular flexibility index (Phi) is 4.76. The van der Waals surface area contributed by atoms with Crippen LogP contribution < -0.4 is 5.32 Å². The molecule has 0 radical (unpaired) electrons. The van der Waals surface area contributed by atoms with Crippen molar-refractivity contribution in [1.29, 1.82) is 0 Å². The first-order valence-electron chi connectivity index (χ1n) is 6.33. The fourth-order valence-corrected chi connectivity index (χ4v) is 3.77. The summed E-state index contributed by atoms with van der Waals surface area (Å²) in [5.41, 5.74) is 4.21. The van der Waals surface area contributed by atoms with E-state index < -0.39 is 0 Å². The second-order valence-electron chi connectivity index (χ2n) is 4.32. The summed E-state index contributed by atoms with van der Waals surface area (Å²) in [5, 5.41) is 16.2. The van der Waals surface area contributed by atoms with Gasteiger partial charge in [-0.15, -0.1) is 15.3 Å². The molecule has 3 aromatic rings. The van der Waals surface area contributed by atoms with Crippen molar-refractivity contribution in [2.24, 2.45) is 0 Å². The molecule has 0 aliphatic heterocycles. The average Bonchev–Trinajstić information content (AvgIpc) is 3.21. The molecule has 112 valence electrons. The second-order valence-corrected chi connectivity index (χ2v) is 7.35. The molecule has 0 saturated carbocycles. The lowest BCUT2D eigenvalue weighted by Crippen LogP contribution is -2.22. The third kappa shape index (κ3) is 3.67. The van der Waals surface area contributed by atoms with E-state index in [1.807, 2.05) is 36.6 Å². The Hall–Kier alpha value is -1.84. The minimum absolute atomic E-state index is 0.0664. The van der Waals surface area contributed by atoms with Gasteiger partial charge in [0.25, 0.3) is 0 Å². The van der Waals surface area contributed by atoms with Crippen LogP contribution in [0.1, 0.15) is 6.92 Å². The third-order valence-electron chi connectivity index (χ3n) is 2.80. The van der Waals surface area contributed by atoms with Crippen molar-refractivity contribution >= 4 is 46.2 Å². The van der Waals surface area contributed by atoms with Gasteiger partial charge in [0.1, 0.15) is 11.2 Å². The number of carbonyl (C=O) groups is 1. The van der Waals surface area contributed by atoms with Crippen molar-refractivity contribution in [3.8, 4) is 11.3 Å². The number of benzene rings is 1. The smallest absolute Gasteiger partial charge is 0.237 e. The monoisotopic (exact) mass is 349 g/mol. The SMILES string of the molecule is C[C@@H](Sc1nncs1)C(=O)Nc1ccc(-c2csnn2)cc1. The quantitative estimate of drug-likeness (QED) is 0.713. The van der Waals surface area contributed by atoms with Crippen LogP contribution in [0.25, 0.3) is 11.3 Å². The van der Waals surface area contributed by atoms with E-state index in [1.54, 1.807) is 5.51 Å². The third-order valence-corrected chi connectivity index (χ3v) is 5.21. The lowest BCUT2D eigenvalue weighted by molar-refractivity contribution is -0.115. The van der Waals surface area contributed by atoms with Gasteiger partial charge in [0.05, 0.1) is 5.25 Å². The van der Waals surface area contributed by atoms with Gasteiger partial charge in [-0.3, -0.25) is 4.79 Å². The Balaban J connectivity index is 1.61. The van der Waals surface area contributed by atoms with Crippen LogP contribution in [0, 0.1) is 0 Å². The molecule has 1 N–H and O–H groups in total. The van der Waals surface area contributed by atoms with Crippen LogP contribution in [-0.4, -0.2) is 30.9 Å². The first-order chi connectivity index (χ1) is 10.7. The zero-order chi connectivity index (χ0) is 15.4. The number of nitrogens with one attached hydrogen (secondary N) is 1. The van der Waals surface area contributed by atoms with Gasteiger partial charge >= 0.3 is 0 Å². The molecular formula is C13H11N5OS3. The Labute approximate surface area is 139 Å². The molecule has 6 nitrogen and oxygen atoms in total. The van der Waals surface area contributed by atoms with E-state index in [4.69, 9.17) is 0 Å². The number of hydrogen-bond acceptors (Lipinski definition) is 8. The maximum atomic E-state index is 12.2. The van der Waals surface area contributed by atoms with Crippen LogP contribution in [0.4, 0.5) is 5.69 Å². The summed E-state index contributed by atoms with van der Waals surface area (Å²) < 4.78 is 4.62. The number of nitrogens with zero attached hydrogens (tertiary/aromatic N) is 4. The lowest BCUT2D eigenvalue weighted by Gasteiger charge is -2.10. The normalized spacial score (nSPS) is 12.0. The summed E-state index contributed by atoms with van der Waals surface area (Å²) in [4.78, 5) is 12.2. The summed E-state index contributed by atoms with van der Waals surface area (Å²) in [6.07, 6.45) is 0. The molecule has 2 aromatic heterocycles. The minimum Gasteiger partial charge on any atom is -0.325 e. The minimum atomic E-state index is -0.240. The van der Waals surface area contributed by atoms with Gasteiger partial charge in [0.15, 0.2) is 4.34 Å². The van der Waals surface area contributed by atoms with Gasteiger partial charge in [0, 0.05) is 16.6 Å². The van der Waals surface area contributed by atoms with Gasteiger partial charge in [-0.05, 0) is 30.6 Å². The summed E-state index contributed by atoms with van der Waals surface area (Å²) in [7, 11) is 0. The topological polar surface area (TPSA) is 80.7 Å². The number of rotatable bonds is 5. The first kappa shape index (κ1) is 15.1. The number of aromatic nitrogens is 4. The highest BCUT2D eigenvalue weighted by atomic mass is 32.2. The molecular weight excluding hydrogens is 338 g/mol. The van der Waals surface area contributed by atoms with Crippen molar-refractivity contribution in [1.82, 2.24) is 19.8 Å². The molecule has 22 heavy (non-hydrogen) atoms. The van der Waals surface area contributed by atoms with E-state index in [9.17, 15) is 4.79 Å². The van der Waals surface area contributed by atoms with Crippen molar-refractivity contribution < 1.29 is 4.79 Å². The highest BCUT2D eigenvalue weighted by Gasteiger charge is 2.16. The van der Waals surface area contributed by atoms with Crippen molar-refractivity contribution in [2.75, 3.05) is 5.32 Å². The van der Waals surface area contributed by atoms with E-state index in [1.165, 1.54) is 34.6 Å². The molecule has 0 unspecified atom stereocenters. The Bertz CT molecular complexity index is 728. The number of carbonyl (C=O) groups excluding carboxylic acids is 1. The van der Waals surface area contributed by atoms with E-state index in [0.29, 0.717) is 0 Å². The number of thioether (sulfide) groups is 1. The zero-order valence-corrected chi connectivity index (χ0v) is 13.9. The van der Waals surface area contributed by atoms with Crippen LogP contribution in [0.2, 0.25) is 0 Å². The molecule has 2 heterocycles. The maximum Gasteiger partial charge on any atom is 0.237 e. The zero-order valence-electron chi connectivity index (χ0n) is 11.5. The molecule has 1 amide bonds. The van der Waals surface area contributed by atoms with E-state index in [0.717, 1.165) is 21.3 Å². The summed E-state index contributed by atoms with van der Waals surface area (Å²) >= 11 is 4.13. The van der Waals surface area contributed by atoms with Gasteiger partial charge in [-0.25, -0.2) is 0 Å². The van der Waals surface area contributed by atoms with Crippen molar-refractivity contribution in [3.63, 3.8) is 0 Å². The molecule has 0 bridgehead atoms. The van der Waals surface area contributed by atoms with Gasteiger partial charge in [0.2, 0.25) is 5.91 Å². The summed E-state index contributed by atoms with van der Waals surface area (Å²) in [5.74, 6) is -0.0664. The molecule has 0 aliphatic rings. The Morgan fingerprint density at radius 1 is 1.27 bits per heavy atom. The highest BCUT2D eigenvalue weighted by Crippen LogP contribution is 2.25. The Morgan fingerprint density at radius 3 is 2.73 bits per heavy atom. The van der Waals surface area contributed by atoms with Gasteiger partial charge in [-0.2, -0.15) is 0 Å². The molecule has 3 rings (SSSR count). The molecule has 0 spiro atoms. The lowest BCUT2D eigenvalue weighted by atomic mass is 10.1. The maximum absolute atomic E-state index is 12.2. The average molecular weight is 349 g/mol. The molecule has 0 aliphatic carbocycles. The van der Waals surface area contributed by atoms with E-state index in [-0.39, 0.29) is 11.2 Å². The van der Waals surface area contributed by atoms with Crippen molar-refractivity contribution in [2.45, 2.75) is 16.5 Å². The van der Waals surface area contributed by atoms with Crippen LogP contribution in [0.3, 0.4) is 0 Å². The van der Waals surface area contributed by atoms with Crippen LogP contribution >= 0.6 is 34.6 Å². The van der Waals surface area contributed by atoms with Gasteiger partial charge < -0.3 is 5.32 Å². The van der Waals surface area contributed by atoms with Gasteiger partial charge in [-0.1, -0.05) is 39.7 Å². The van der Waals surface area contributed by atoms with E-state index >= 15 is 0 Å². The Morgan fingerprint density at radius 2 is 2.09 bits per heavy atom. The van der Waals surface area contributed by atoms with Crippen LogP contribution in [-0.2, 0) is 4.79 Å². The van der Waals surface area contributed by atoms with Crippen LogP contribution in [0.15, 0.2) is 39.5 Å². The predicted octanol–water partition coefficient (Wildman–Crippen LogP) is 3.18. The number of amides is 1. The molecule has 1 atom stereocenters. The van der Waals surface area contributed by atoms with Crippen LogP contribution in [0.5, 0.6) is 0 Å². The molecule has 0 saturated heterocycles. The van der Waals surface area contributed by atoms with E-state index in [2.05, 4.69) is 25.1 Å².